The van der Waals surface area contributed by atoms with Crippen molar-refractivity contribution in [3.63, 3.8) is 0 Å². The van der Waals surface area contributed by atoms with Gasteiger partial charge in [0.15, 0.2) is 11.5 Å². The van der Waals surface area contributed by atoms with Crippen molar-refractivity contribution in [2.45, 2.75) is 18.4 Å². The standard InChI is InChI=1S/C22H22ClNO4S/c1-16-9-11-19(14-20(16)23)29(25,26)24(18-7-5-4-6-8-18)15-17-10-12-21(27-2)22(13-17)28-3/h4-14H,15H2,1-3H3. The molecule has 3 aromatic rings. The van der Waals surface area contributed by atoms with Gasteiger partial charge in [0, 0.05) is 5.02 Å². The quantitative estimate of drug-likeness (QED) is 0.524. The molecule has 0 unspecified atom stereocenters. The van der Waals surface area contributed by atoms with Gasteiger partial charge in [0.1, 0.15) is 0 Å². The third kappa shape index (κ3) is 4.49. The second kappa shape index (κ2) is 8.76. The van der Waals surface area contributed by atoms with Crippen LogP contribution in [0.1, 0.15) is 11.1 Å². The summed E-state index contributed by atoms with van der Waals surface area (Å²) in [4.78, 5) is 0.137. The molecule has 0 spiro atoms. The molecule has 152 valence electrons. The molecule has 0 radical (unpaired) electrons. The van der Waals surface area contributed by atoms with E-state index in [1.54, 1.807) is 62.8 Å². The number of aryl methyl sites for hydroxylation is 1. The van der Waals surface area contributed by atoms with Crippen LogP contribution in [0.15, 0.2) is 71.6 Å². The van der Waals surface area contributed by atoms with Crippen molar-refractivity contribution in [1.82, 2.24) is 0 Å². The highest BCUT2D eigenvalue weighted by Crippen LogP contribution is 2.31. The van der Waals surface area contributed by atoms with Gasteiger partial charge < -0.3 is 9.47 Å². The molecular weight excluding hydrogens is 410 g/mol. The zero-order valence-corrected chi connectivity index (χ0v) is 18.0. The van der Waals surface area contributed by atoms with E-state index in [0.717, 1.165) is 11.1 Å². The maximum Gasteiger partial charge on any atom is 0.264 e. The van der Waals surface area contributed by atoms with Gasteiger partial charge >= 0.3 is 0 Å². The second-order valence-corrected chi connectivity index (χ2v) is 8.72. The highest BCUT2D eigenvalue weighted by atomic mass is 35.5. The molecule has 3 aromatic carbocycles. The molecule has 0 saturated heterocycles. The van der Waals surface area contributed by atoms with Crippen LogP contribution in [0.5, 0.6) is 11.5 Å². The molecule has 0 heterocycles. The van der Waals surface area contributed by atoms with E-state index in [-0.39, 0.29) is 11.4 Å². The third-order valence-electron chi connectivity index (χ3n) is 4.55. The Morgan fingerprint density at radius 2 is 1.59 bits per heavy atom. The van der Waals surface area contributed by atoms with Crippen molar-refractivity contribution < 1.29 is 17.9 Å². The Bertz CT molecular complexity index is 1100. The second-order valence-electron chi connectivity index (χ2n) is 6.45. The third-order valence-corrected chi connectivity index (χ3v) is 6.73. The van der Waals surface area contributed by atoms with Crippen molar-refractivity contribution in [1.29, 1.82) is 0 Å². The van der Waals surface area contributed by atoms with Crippen molar-refractivity contribution in [3.8, 4) is 11.5 Å². The average molecular weight is 432 g/mol. The summed E-state index contributed by atoms with van der Waals surface area (Å²) in [6.07, 6.45) is 0. The number of halogens is 1. The molecule has 0 atom stereocenters. The number of hydrogen-bond acceptors (Lipinski definition) is 4. The summed E-state index contributed by atoms with van der Waals surface area (Å²) >= 11 is 6.19. The van der Waals surface area contributed by atoms with Gasteiger partial charge in [0.05, 0.1) is 31.3 Å². The fourth-order valence-corrected chi connectivity index (χ4v) is 4.64. The number of rotatable bonds is 7. The zero-order chi connectivity index (χ0) is 21.0. The number of anilines is 1. The van der Waals surface area contributed by atoms with Crippen LogP contribution in [0.2, 0.25) is 5.02 Å². The summed E-state index contributed by atoms with van der Waals surface area (Å²) in [5, 5.41) is 0.408. The first kappa shape index (κ1) is 21.0. The molecule has 0 fully saturated rings. The molecule has 0 saturated carbocycles. The molecule has 0 bridgehead atoms. The monoisotopic (exact) mass is 431 g/mol. The highest BCUT2D eigenvalue weighted by Gasteiger charge is 2.26. The normalized spacial score (nSPS) is 11.2. The van der Waals surface area contributed by atoms with E-state index in [1.807, 2.05) is 19.1 Å². The predicted molar refractivity (Wildman–Crippen MR) is 116 cm³/mol. The Labute approximate surface area is 176 Å². The van der Waals surface area contributed by atoms with Crippen LogP contribution in [0.4, 0.5) is 5.69 Å². The van der Waals surface area contributed by atoms with Crippen LogP contribution in [0.25, 0.3) is 0 Å². The molecule has 7 heteroatoms. The van der Waals surface area contributed by atoms with Crippen molar-refractivity contribution in [2.24, 2.45) is 0 Å². The van der Waals surface area contributed by atoms with E-state index in [0.29, 0.717) is 22.2 Å². The number of sulfonamides is 1. The molecule has 0 aromatic heterocycles. The topological polar surface area (TPSA) is 55.8 Å². The maximum absolute atomic E-state index is 13.5. The lowest BCUT2D eigenvalue weighted by molar-refractivity contribution is 0.354. The number of para-hydroxylation sites is 1. The van der Waals surface area contributed by atoms with Gasteiger partial charge in [-0.3, -0.25) is 4.31 Å². The van der Waals surface area contributed by atoms with Crippen molar-refractivity contribution in [3.05, 3.63) is 82.9 Å². The first-order valence-electron chi connectivity index (χ1n) is 8.91. The molecule has 29 heavy (non-hydrogen) atoms. The lowest BCUT2D eigenvalue weighted by Crippen LogP contribution is -2.30. The van der Waals surface area contributed by atoms with Crippen LogP contribution < -0.4 is 13.8 Å². The van der Waals surface area contributed by atoms with Gasteiger partial charge in [-0.05, 0) is 54.4 Å². The average Bonchev–Trinajstić information content (AvgIpc) is 2.74. The van der Waals surface area contributed by atoms with E-state index in [1.165, 1.54) is 10.4 Å². The lowest BCUT2D eigenvalue weighted by Gasteiger charge is -2.25. The number of methoxy groups -OCH3 is 2. The summed E-state index contributed by atoms with van der Waals surface area (Å²) in [6.45, 7) is 1.95. The van der Waals surface area contributed by atoms with E-state index < -0.39 is 10.0 Å². The number of nitrogens with zero attached hydrogens (tertiary/aromatic N) is 1. The fourth-order valence-electron chi connectivity index (χ4n) is 2.92. The van der Waals surface area contributed by atoms with Gasteiger partial charge in [0.25, 0.3) is 10.0 Å². The van der Waals surface area contributed by atoms with Crippen molar-refractivity contribution >= 4 is 27.3 Å². The number of ether oxygens (including phenoxy) is 2. The van der Waals surface area contributed by atoms with E-state index in [9.17, 15) is 8.42 Å². The van der Waals surface area contributed by atoms with Crippen LogP contribution in [0.3, 0.4) is 0 Å². The Morgan fingerprint density at radius 1 is 0.897 bits per heavy atom. The van der Waals surface area contributed by atoms with Crippen LogP contribution in [-0.2, 0) is 16.6 Å². The minimum atomic E-state index is -3.85. The first-order chi connectivity index (χ1) is 13.9. The van der Waals surface area contributed by atoms with Crippen LogP contribution >= 0.6 is 11.6 Å². The summed E-state index contributed by atoms with van der Waals surface area (Å²) in [6, 6.07) is 19.1. The molecule has 0 aliphatic carbocycles. The molecule has 0 N–H and O–H groups in total. The maximum atomic E-state index is 13.5. The van der Waals surface area contributed by atoms with Crippen LogP contribution in [-0.4, -0.2) is 22.6 Å². The van der Waals surface area contributed by atoms with E-state index in [2.05, 4.69) is 0 Å². The molecule has 3 rings (SSSR count). The van der Waals surface area contributed by atoms with Crippen molar-refractivity contribution in [2.75, 3.05) is 18.5 Å². The molecule has 0 amide bonds. The molecule has 0 aliphatic heterocycles. The number of hydrogen-bond donors (Lipinski definition) is 0. The smallest absolute Gasteiger partial charge is 0.264 e. The molecule has 0 aliphatic rings. The molecular formula is C22H22ClNO4S. The minimum Gasteiger partial charge on any atom is -0.493 e. The summed E-state index contributed by atoms with van der Waals surface area (Å²) in [5.41, 5.74) is 2.13. The van der Waals surface area contributed by atoms with E-state index >= 15 is 0 Å². The van der Waals surface area contributed by atoms with E-state index in [4.69, 9.17) is 21.1 Å². The zero-order valence-electron chi connectivity index (χ0n) is 16.4. The Morgan fingerprint density at radius 3 is 2.21 bits per heavy atom. The lowest BCUT2D eigenvalue weighted by atomic mass is 10.2. The number of benzene rings is 3. The molecule has 5 nitrogen and oxygen atoms in total. The summed E-state index contributed by atoms with van der Waals surface area (Å²) in [7, 11) is -0.752. The highest BCUT2D eigenvalue weighted by molar-refractivity contribution is 7.92. The fraction of sp³-hybridized carbons (Fsp3) is 0.182. The largest absolute Gasteiger partial charge is 0.493 e. The first-order valence-corrected chi connectivity index (χ1v) is 10.7. The summed E-state index contributed by atoms with van der Waals surface area (Å²) in [5.74, 6) is 1.12. The van der Waals surface area contributed by atoms with Gasteiger partial charge in [-0.1, -0.05) is 41.9 Å². The Kier molecular flexibility index (Phi) is 6.35. The minimum absolute atomic E-state index is 0.123. The summed E-state index contributed by atoms with van der Waals surface area (Å²) < 4.78 is 39.0. The van der Waals surface area contributed by atoms with Gasteiger partial charge in [0.2, 0.25) is 0 Å². The van der Waals surface area contributed by atoms with Gasteiger partial charge in [-0.25, -0.2) is 8.42 Å². The predicted octanol–water partition coefficient (Wildman–Crippen LogP) is 5.06. The van der Waals surface area contributed by atoms with Crippen LogP contribution in [0, 0.1) is 6.92 Å². The SMILES string of the molecule is COc1ccc(CN(c2ccccc2)S(=O)(=O)c2ccc(C)c(Cl)c2)cc1OC. The Hall–Kier alpha value is -2.70. The van der Waals surface area contributed by atoms with Gasteiger partial charge in [-0.2, -0.15) is 0 Å². The Balaban J connectivity index is 2.07. The van der Waals surface area contributed by atoms with Gasteiger partial charge in [-0.15, -0.1) is 0 Å².